The molecule has 0 heterocycles. The van der Waals surface area contributed by atoms with E-state index < -0.39 is 5.97 Å². The molecule has 0 saturated heterocycles. The Hall–Kier alpha value is -0.580. The number of aliphatic carboxylic acids is 1. The van der Waals surface area contributed by atoms with E-state index in [0.29, 0.717) is 5.02 Å². The molecule has 0 radical (unpaired) electrons. The van der Waals surface area contributed by atoms with E-state index in [0.717, 1.165) is 42.3 Å². The molecule has 2 unspecified atom stereocenters. The predicted octanol–water partition coefficient (Wildman–Crippen LogP) is 3.84. The predicted molar refractivity (Wildman–Crippen MR) is 79.4 cm³/mol. The highest BCUT2D eigenvalue weighted by Gasteiger charge is 2.26. The zero-order chi connectivity index (χ0) is 13.8. The number of carboxylic acid groups (broad SMARTS) is 1. The first kappa shape index (κ1) is 14.8. The summed E-state index contributed by atoms with van der Waals surface area (Å²) >= 11 is 9.41. The largest absolute Gasteiger partial charge is 0.481 e. The van der Waals surface area contributed by atoms with Crippen molar-refractivity contribution < 1.29 is 9.90 Å². The Kier molecular flexibility index (Phi) is 5.25. The lowest BCUT2D eigenvalue weighted by Crippen LogP contribution is -2.36. The highest BCUT2D eigenvalue weighted by molar-refractivity contribution is 9.10. The van der Waals surface area contributed by atoms with Crippen molar-refractivity contribution in [3.63, 3.8) is 0 Å². The molecule has 0 spiro atoms. The molecule has 1 fully saturated rings. The molecule has 1 aliphatic rings. The summed E-state index contributed by atoms with van der Waals surface area (Å²) in [5.41, 5.74) is 1.12. The number of rotatable bonds is 4. The molecule has 1 saturated carbocycles. The minimum atomic E-state index is -0.668. The zero-order valence-electron chi connectivity index (χ0n) is 10.5. The average Bonchev–Trinajstić information content (AvgIpc) is 2.40. The molecule has 1 aromatic rings. The standard InChI is InChI=1S/C14H17BrClNO2/c15-12-5-4-9(6-13(12)16)8-17-11-3-1-2-10(7-11)14(18)19/h4-6,10-11,17H,1-3,7-8H2,(H,18,19). The normalized spacial score (nSPS) is 23.3. The van der Waals surface area contributed by atoms with E-state index in [9.17, 15) is 4.79 Å². The second kappa shape index (κ2) is 6.73. The van der Waals surface area contributed by atoms with E-state index in [1.54, 1.807) is 0 Å². The van der Waals surface area contributed by atoms with Crippen LogP contribution in [0.4, 0.5) is 0 Å². The van der Waals surface area contributed by atoms with Gasteiger partial charge in [0, 0.05) is 17.1 Å². The SMILES string of the molecule is O=C(O)C1CCCC(NCc2ccc(Br)c(Cl)c2)C1. The molecule has 0 bridgehead atoms. The van der Waals surface area contributed by atoms with Crippen molar-refractivity contribution in [2.45, 2.75) is 38.3 Å². The van der Waals surface area contributed by atoms with Gasteiger partial charge in [0.15, 0.2) is 0 Å². The maximum absolute atomic E-state index is 11.0. The van der Waals surface area contributed by atoms with Crippen LogP contribution in [-0.4, -0.2) is 17.1 Å². The lowest BCUT2D eigenvalue weighted by molar-refractivity contribution is -0.143. The monoisotopic (exact) mass is 345 g/mol. The summed E-state index contributed by atoms with van der Waals surface area (Å²) in [7, 11) is 0. The second-order valence-corrected chi connectivity index (χ2v) is 6.29. The topological polar surface area (TPSA) is 49.3 Å². The third-order valence-corrected chi connectivity index (χ3v) is 4.83. The highest BCUT2D eigenvalue weighted by atomic mass is 79.9. The summed E-state index contributed by atoms with van der Waals surface area (Å²) in [5.74, 6) is -0.863. The molecule has 1 aromatic carbocycles. The van der Waals surface area contributed by atoms with E-state index >= 15 is 0 Å². The first-order chi connectivity index (χ1) is 9.06. The van der Waals surface area contributed by atoms with Crippen molar-refractivity contribution >= 4 is 33.5 Å². The molecular weight excluding hydrogens is 330 g/mol. The Bertz CT molecular complexity index is 467. The van der Waals surface area contributed by atoms with Crippen LogP contribution in [-0.2, 0) is 11.3 Å². The molecule has 0 aliphatic heterocycles. The Morgan fingerprint density at radius 3 is 2.95 bits per heavy atom. The van der Waals surface area contributed by atoms with Gasteiger partial charge in [-0.3, -0.25) is 4.79 Å². The number of halogens is 2. The van der Waals surface area contributed by atoms with Gasteiger partial charge in [0.05, 0.1) is 10.9 Å². The first-order valence-electron chi connectivity index (χ1n) is 6.46. The number of carboxylic acids is 1. The second-order valence-electron chi connectivity index (χ2n) is 5.03. The van der Waals surface area contributed by atoms with E-state index in [1.807, 2.05) is 18.2 Å². The summed E-state index contributed by atoms with van der Waals surface area (Å²) in [6, 6.07) is 6.16. The molecule has 2 rings (SSSR count). The first-order valence-corrected chi connectivity index (χ1v) is 7.63. The molecule has 0 amide bonds. The van der Waals surface area contributed by atoms with Crippen molar-refractivity contribution in [1.29, 1.82) is 0 Å². The Labute approximate surface area is 126 Å². The molecule has 1 aliphatic carbocycles. The van der Waals surface area contributed by atoms with E-state index in [1.165, 1.54) is 0 Å². The van der Waals surface area contributed by atoms with Crippen LogP contribution >= 0.6 is 27.5 Å². The molecule has 3 nitrogen and oxygen atoms in total. The summed E-state index contributed by atoms with van der Waals surface area (Å²) < 4.78 is 0.890. The third-order valence-electron chi connectivity index (χ3n) is 3.60. The Balaban J connectivity index is 1.87. The molecule has 19 heavy (non-hydrogen) atoms. The molecule has 2 N–H and O–H groups in total. The molecular formula is C14H17BrClNO2. The van der Waals surface area contributed by atoms with Crippen molar-refractivity contribution in [2.75, 3.05) is 0 Å². The summed E-state index contributed by atoms with van der Waals surface area (Å²) in [6.45, 7) is 0.726. The van der Waals surface area contributed by atoms with E-state index in [4.69, 9.17) is 16.7 Å². The van der Waals surface area contributed by atoms with Gasteiger partial charge in [-0.2, -0.15) is 0 Å². The van der Waals surface area contributed by atoms with Gasteiger partial charge in [0.2, 0.25) is 0 Å². The minimum Gasteiger partial charge on any atom is -0.481 e. The van der Waals surface area contributed by atoms with Gasteiger partial charge in [-0.15, -0.1) is 0 Å². The highest BCUT2D eigenvalue weighted by Crippen LogP contribution is 2.26. The maximum atomic E-state index is 11.0. The average molecular weight is 347 g/mol. The smallest absolute Gasteiger partial charge is 0.306 e. The van der Waals surface area contributed by atoms with Crippen LogP contribution in [0, 0.1) is 5.92 Å². The minimum absolute atomic E-state index is 0.195. The van der Waals surface area contributed by atoms with Gasteiger partial charge in [0.25, 0.3) is 0 Å². The number of nitrogens with one attached hydrogen (secondary N) is 1. The summed E-state index contributed by atoms with van der Waals surface area (Å²) in [5, 5.41) is 13.2. The fourth-order valence-electron chi connectivity index (χ4n) is 2.51. The number of carbonyl (C=O) groups is 1. The summed E-state index contributed by atoms with van der Waals surface area (Å²) in [6.07, 6.45) is 3.56. The Morgan fingerprint density at radius 1 is 1.47 bits per heavy atom. The van der Waals surface area contributed by atoms with Crippen molar-refractivity contribution in [2.24, 2.45) is 5.92 Å². The zero-order valence-corrected chi connectivity index (χ0v) is 12.9. The summed E-state index contributed by atoms with van der Waals surface area (Å²) in [4.78, 5) is 11.0. The maximum Gasteiger partial charge on any atom is 0.306 e. The van der Waals surface area contributed by atoms with Crippen molar-refractivity contribution in [3.05, 3.63) is 33.3 Å². The lowest BCUT2D eigenvalue weighted by Gasteiger charge is -2.27. The molecule has 0 aromatic heterocycles. The van der Waals surface area contributed by atoms with Crippen LogP contribution in [0.25, 0.3) is 0 Å². The Morgan fingerprint density at radius 2 is 2.26 bits per heavy atom. The van der Waals surface area contributed by atoms with Gasteiger partial charge in [-0.25, -0.2) is 0 Å². The fourth-order valence-corrected chi connectivity index (χ4v) is 2.96. The molecule has 104 valence electrons. The molecule has 5 heteroatoms. The van der Waals surface area contributed by atoms with Crippen LogP contribution in [0.15, 0.2) is 22.7 Å². The van der Waals surface area contributed by atoms with Gasteiger partial charge < -0.3 is 10.4 Å². The fraction of sp³-hybridized carbons (Fsp3) is 0.500. The van der Waals surface area contributed by atoms with E-state index in [2.05, 4.69) is 21.2 Å². The van der Waals surface area contributed by atoms with Crippen LogP contribution < -0.4 is 5.32 Å². The number of benzene rings is 1. The van der Waals surface area contributed by atoms with Gasteiger partial charge in [0.1, 0.15) is 0 Å². The van der Waals surface area contributed by atoms with Crippen molar-refractivity contribution in [1.82, 2.24) is 5.32 Å². The van der Waals surface area contributed by atoms with Gasteiger partial charge in [-0.05, 0) is 52.9 Å². The number of hydrogen-bond acceptors (Lipinski definition) is 2. The van der Waals surface area contributed by atoms with Gasteiger partial charge >= 0.3 is 5.97 Å². The van der Waals surface area contributed by atoms with Crippen LogP contribution in [0.1, 0.15) is 31.2 Å². The number of hydrogen-bond donors (Lipinski definition) is 2. The van der Waals surface area contributed by atoms with Gasteiger partial charge in [-0.1, -0.05) is 24.1 Å². The van der Waals surface area contributed by atoms with Crippen LogP contribution in [0.2, 0.25) is 5.02 Å². The lowest BCUT2D eigenvalue weighted by atomic mass is 9.86. The van der Waals surface area contributed by atoms with Crippen LogP contribution in [0.5, 0.6) is 0 Å². The molecule has 2 atom stereocenters. The van der Waals surface area contributed by atoms with Crippen LogP contribution in [0.3, 0.4) is 0 Å². The van der Waals surface area contributed by atoms with Crippen molar-refractivity contribution in [3.8, 4) is 0 Å². The third kappa shape index (κ3) is 4.20. The van der Waals surface area contributed by atoms with E-state index in [-0.39, 0.29) is 12.0 Å². The quantitative estimate of drug-likeness (QED) is 0.871.